The first-order chi connectivity index (χ1) is 8.61. The molecular formula is C12H15Cl2N3O. The molecule has 0 saturated carbocycles. The molecule has 2 heterocycles. The predicted octanol–water partition coefficient (Wildman–Crippen LogP) is 2.17. The van der Waals surface area contributed by atoms with Crippen molar-refractivity contribution in [1.29, 1.82) is 0 Å². The van der Waals surface area contributed by atoms with Crippen LogP contribution in [-0.4, -0.2) is 53.4 Å². The van der Waals surface area contributed by atoms with Gasteiger partial charge in [-0.25, -0.2) is 4.98 Å². The molecule has 0 unspecified atom stereocenters. The van der Waals surface area contributed by atoms with Gasteiger partial charge in [-0.3, -0.25) is 4.79 Å². The Morgan fingerprint density at radius 1 is 1.28 bits per heavy atom. The lowest BCUT2D eigenvalue weighted by Gasteiger charge is -2.33. The summed E-state index contributed by atoms with van der Waals surface area (Å²) in [6.45, 7) is 6.32. The van der Waals surface area contributed by atoms with Gasteiger partial charge in [0.05, 0.1) is 5.02 Å². The van der Waals surface area contributed by atoms with E-state index in [2.05, 4.69) is 16.8 Å². The highest BCUT2D eigenvalue weighted by molar-refractivity contribution is 6.34. The fourth-order valence-corrected chi connectivity index (χ4v) is 2.32. The summed E-state index contributed by atoms with van der Waals surface area (Å²) in [6, 6.07) is 3.18. The number of hydrogen-bond donors (Lipinski definition) is 0. The highest BCUT2D eigenvalue weighted by Crippen LogP contribution is 2.19. The van der Waals surface area contributed by atoms with E-state index in [1.807, 2.05) is 0 Å². The number of rotatable bonds is 2. The second-order valence-corrected chi connectivity index (χ2v) is 4.99. The van der Waals surface area contributed by atoms with Crippen LogP contribution >= 0.6 is 23.2 Å². The highest BCUT2D eigenvalue weighted by atomic mass is 35.5. The Balaban J connectivity index is 2.10. The third-order valence-corrected chi connectivity index (χ3v) is 3.64. The average Bonchev–Trinajstić information content (AvgIpc) is 2.41. The van der Waals surface area contributed by atoms with E-state index in [1.54, 1.807) is 17.0 Å². The van der Waals surface area contributed by atoms with E-state index in [4.69, 9.17) is 23.2 Å². The van der Waals surface area contributed by atoms with Crippen molar-refractivity contribution in [2.75, 3.05) is 32.7 Å². The van der Waals surface area contributed by atoms with E-state index >= 15 is 0 Å². The lowest BCUT2D eigenvalue weighted by molar-refractivity contribution is 0.0638. The molecule has 1 saturated heterocycles. The van der Waals surface area contributed by atoms with E-state index < -0.39 is 0 Å². The molecule has 6 heteroatoms. The van der Waals surface area contributed by atoms with Crippen LogP contribution in [0.1, 0.15) is 17.4 Å². The van der Waals surface area contributed by atoms with Crippen molar-refractivity contribution in [2.45, 2.75) is 6.92 Å². The molecule has 0 bridgehead atoms. The van der Waals surface area contributed by atoms with Crippen LogP contribution < -0.4 is 0 Å². The summed E-state index contributed by atoms with van der Waals surface area (Å²) < 4.78 is 0. The van der Waals surface area contributed by atoms with Crippen molar-refractivity contribution < 1.29 is 4.79 Å². The van der Waals surface area contributed by atoms with Crippen LogP contribution in [0.15, 0.2) is 12.1 Å². The van der Waals surface area contributed by atoms with Gasteiger partial charge < -0.3 is 9.80 Å². The zero-order valence-corrected chi connectivity index (χ0v) is 11.7. The molecule has 1 aliphatic heterocycles. The Labute approximate surface area is 116 Å². The van der Waals surface area contributed by atoms with Crippen LogP contribution in [0.3, 0.4) is 0 Å². The minimum Gasteiger partial charge on any atom is -0.335 e. The Bertz CT molecular complexity index is 445. The van der Waals surface area contributed by atoms with Crippen LogP contribution in [0.2, 0.25) is 10.2 Å². The average molecular weight is 288 g/mol. The van der Waals surface area contributed by atoms with Crippen molar-refractivity contribution in [1.82, 2.24) is 14.8 Å². The number of likely N-dealkylation sites (N-methyl/N-ethyl adjacent to an activating group) is 1. The van der Waals surface area contributed by atoms with Crippen molar-refractivity contribution in [3.05, 3.63) is 28.0 Å². The second kappa shape index (κ2) is 5.87. The number of aromatic nitrogens is 1. The fraction of sp³-hybridized carbons (Fsp3) is 0.500. The van der Waals surface area contributed by atoms with E-state index in [1.165, 1.54) is 0 Å². The molecule has 1 fully saturated rings. The predicted molar refractivity (Wildman–Crippen MR) is 72.3 cm³/mol. The Morgan fingerprint density at radius 2 is 1.94 bits per heavy atom. The summed E-state index contributed by atoms with van der Waals surface area (Å²) in [4.78, 5) is 20.4. The van der Waals surface area contributed by atoms with Gasteiger partial charge in [0.15, 0.2) is 0 Å². The molecule has 0 N–H and O–H groups in total. The Morgan fingerprint density at radius 3 is 2.56 bits per heavy atom. The largest absolute Gasteiger partial charge is 0.335 e. The highest BCUT2D eigenvalue weighted by Gasteiger charge is 2.24. The van der Waals surface area contributed by atoms with Crippen molar-refractivity contribution in [3.8, 4) is 0 Å². The summed E-state index contributed by atoms with van der Waals surface area (Å²) in [5.74, 6) is -0.141. The summed E-state index contributed by atoms with van der Waals surface area (Å²) in [7, 11) is 0. The zero-order chi connectivity index (χ0) is 13.1. The van der Waals surface area contributed by atoms with Gasteiger partial charge in [-0.15, -0.1) is 0 Å². The molecule has 0 spiro atoms. The summed E-state index contributed by atoms with van der Waals surface area (Å²) >= 11 is 11.8. The number of pyridine rings is 1. The van der Waals surface area contributed by atoms with Gasteiger partial charge in [-0.2, -0.15) is 0 Å². The molecule has 2 rings (SSSR count). The maximum absolute atomic E-state index is 12.3. The van der Waals surface area contributed by atoms with Gasteiger partial charge >= 0.3 is 0 Å². The first-order valence-electron chi connectivity index (χ1n) is 5.95. The summed E-state index contributed by atoms with van der Waals surface area (Å²) in [6.07, 6.45) is 0. The minimum absolute atomic E-state index is 0.141. The number of amides is 1. The third kappa shape index (κ3) is 2.94. The Kier molecular flexibility index (Phi) is 4.43. The molecular weight excluding hydrogens is 273 g/mol. The molecule has 0 aromatic carbocycles. The lowest BCUT2D eigenvalue weighted by Crippen LogP contribution is -2.48. The molecule has 1 aliphatic rings. The first-order valence-corrected chi connectivity index (χ1v) is 6.71. The van der Waals surface area contributed by atoms with Gasteiger partial charge in [0.1, 0.15) is 10.8 Å². The lowest BCUT2D eigenvalue weighted by atomic mass is 10.2. The molecule has 1 aromatic rings. The van der Waals surface area contributed by atoms with Crippen LogP contribution in [0.25, 0.3) is 0 Å². The molecule has 0 aliphatic carbocycles. The number of piperazine rings is 1. The van der Waals surface area contributed by atoms with Crippen molar-refractivity contribution >= 4 is 29.1 Å². The number of hydrogen-bond acceptors (Lipinski definition) is 3. The molecule has 0 radical (unpaired) electrons. The SMILES string of the molecule is CCN1CCN(C(=O)c2nc(Cl)ccc2Cl)CC1. The van der Waals surface area contributed by atoms with E-state index in [-0.39, 0.29) is 16.8 Å². The molecule has 4 nitrogen and oxygen atoms in total. The van der Waals surface area contributed by atoms with Crippen LogP contribution in [0.4, 0.5) is 0 Å². The van der Waals surface area contributed by atoms with E-state index in [0.717, 1.165) is 19.6 Å². The minimum atomic E-state index is -0.141. The zero-order valence-electron chi connectivity index (χ0n) is 10.2. The quantitative estimate of drug-likeness (QED) is 0.783. The fourth-order valence-electron chi connectivity index (χ4n) is 1.99. The molecule has 98 valence electrons. The number of halogens is 2. The van der Waals surface area contributed by atoms with E-state index in [9.17, 15) is 4.79 Å². The van der Waals surface area contributed by atoms with Crippen molar-refractivity contribution in [3.63, 3.8) is 0 Å². The van der Waals surface area contributed by atoms with Crippen LogP contribution in [0, 0.1) is 0 Å². The standard InChI is InChI=1S/C12H15Cl2N3O/c1-2-16-5-7-17(8-6-16)12(18)11-9(13)3-4-10(14)15-11/h3-4H,2,5-8H2,1H3. The number of carbonyl (C=O) groups excluding carboxylic acids is 1. The smallest absolute Gasteiger partial charge is 0.274 e. The van der Waals surface area contributed by atoms with Gasteiger partial charge in [0, 0.05) is 26.2 Å². The molecule has 0 atom stereocenters. The Hall–Kier alpha value is -0.840. The normalized spacial score (nSPS) is 16.9. The van der Waals surface area contributed by atoms with Crippen LogP contribution in [0.5, 0.6) is 0 Å². The van der Waals surface area contributed by atoms with Crippen molar-refractivity contribution in [2.24, 2.45) is 0 Å². The van der Waals surface area contributed by atoms with Gasteiger partial charge in [-0.1, -0.05) is 30.1 Å². The number of nitrogens with zero attached hydrogens (tertiary/aromatic N) is 3. The first kappa shape index (κ1) is 13.6. The topological polar surface area (TPSA) is 36.4 Å². The number of carbonyl (C=O) groups is 1. The van der Waals surface area contributed by atoms with Gasteiger partial charge in [0.25, 0.3) is 5.91 Å². The van der Waals surface area contributed by atoms with Gasteiger partial charge in [-0.05, 0) is 18.7 Å². The molecule has 1 amide bonds. The molecule has 1 aromatic heterocycles. The second-order valence-electron chi connectivity index (χ2n) is 4.19. The third-order valence-electron chi connectivity index (χ3n) is 3.12. The maximum atomic E-state index is 12.3. The summed E-state index contributed by atoms with van der Waals surface area (Å²) in [5, 5.41) is 0.636. The maximum Gasteiger partial charge on any atom is 0.274 e. The monoisotopic (exact) mass is 287 g/mol. The van der Waals surface area contributed by atoms with E-state index in [0.29, 0.717) is 18.1 Å². The molecule has 18 heavy (non-hydrogen) atoms. The summed E-state index contributed by atoms with van der Waals surface area (Å²) in [5.41, 5.74) is 0.245. The van der Waals surface area contributed by atoms with Gasteiger partial charge in [0.2, 0.25) is 0 Å². The van der Waals surface area contributed by atoms with Crippen LogP contribution in [-0.2, 0) is 0 Å².